The summed E-state index contributed by atoms with van der Waals surface area (Å²) in [6.45, 7) is 1.85. The first-order valence-corrected chi connectivity index (χ1v) is 6.82. The van der Waals surface area contributed by atoms with Crippen molar-refractivity contribution < 1.29 is 9.18 Å². The standard InChI is InChI=1S/C13H12ClFN2OS/c1-8(11-5-6-12(14)19-11)16-13(18)17-10-4-2-3-9(15)7-10/h2-8H,1H3,(H2,16,17,18). The van der Waals surface area contributed by atoms with Gasteiger partial charge in [0.1, 0.15) is 5.82 Å². The smallest absolute Gasteiger partial charge is 0.319 e. The molecule has 1 aromatic heterocycles. The fourth-order valence-electron chi connectivity index (χ4n) is 1.56. The lowest BCUT2D eigenvalue weighted by molar-refractivity contribution is 0.249. The van der Waals surface area contributed by atoms with Crippen LogP contribution in [0.4, 0.5) is 14.9 Å². The van der Waals surface area contributed by atoms with Gasteiger partial charge in [-0.25, -0.2) is 9.18 Å². The minimum atomic E-state index is -0.393. The zero-order chi connectivity index (χ0) is 13.8. The van der Waals surface area contributed by atoms with Crippen LogP contribution in [0.2, 0.25) is 4.34 Å². The van der Waals surface area contributed by atoms with Gasteiger partial charge in [-0.1, -0.05) is 17.7 Å². The largest absolute Gasteiger partial charge is 0.331 e. The third kappa shape index (κ3) is 3.94. The fourth-order valence-corrected chi connectivity index (χ4v) is 2.63. The number of amides is 2. The van der Waals surface area contributed by atoms with Gasteiger partial charge < -0.3 is 10.6 Å². The Morgan fingerprint density at radius 3 is 2.79 bits per heavy atom. The van der Waals surface area contributed by atoms with E-state index in [0.717, 1.165) is 4.88 Å². The molecule has 0 aliphatic carbocycles. The van der Waals surface area contributed by atoms with Crippen molar-refractivity contribution in [3.63, 3.8) is 0 Å². The van der Waals surface area contributed by atoms with E-state index in [9.17, 15) is 9.18 Å². The maximum atomic E-state index is 13.0. The van der Waals surface area contributed by atoms with E-state index in [1.807, 2.05) is 13.0 Å². The van der Waals surface area contributed by atoms with Crippen LogP contribution in [0.1, 0.15) is 17.8 Å². The average molecular weight is 299 g/mol. The maximum absolute atomic E-state index is 13.0. The number of anilines is 1. The van der Waals surface area contributed by atoms with Crippen molar-refractivity contribution in [3.8, 4) is 0 Å². The third-order valence-electron chi connectivity index (χ3n) is 2.45. The summed E-state index contributed by atoms with van der Waals surface area (Å²) >= 11 is 7.25. The number of nitrogens with one attached hydrogen (secondary N) is 2. The van der Waals surface area contributed by atoms with Crippen LogP contribution in [0.3, 0.4) is 0 Å². The van der Waals surface area contributed by atoms with E-state index >= 15 is 0 Å². The number of urea groups is 1. The van der Waals surface area contributed by atoms with Gasteiger partial charge in [0.25, 0.3) is 0 Å². The summed E-state index contributed by atoms with van der Waals surface area (Å²) in [7, 11) is 0. The molecule has 0 aliphatic heterocycles. The Kier molecular flexibility index (Phi) is 4.39. The normalized spacial score (nSPS) is 11.9. The minimum Gasteiger partial charge on any atom is -0.331 e. The van der Waals surface area contributed by atoms with Crippen molar-refractivity contribution in [3.05, 3.63) is 51.4 Å². The van der Waals surface area contributed by atoms with Crippen LogP contribution in [0.25, 0.3) is 0 Å². The van der Waals surface area contributed by atoms with Gasteiger partial charge in [-0.3, -0.25) is 0 Å². The predicted octanol–water partition coefficient (Wildman–Crippen LogP) is 4.42. The van der Waals surface area contributed by atoms with E-state index in [0.29, 0.717) is 10.0 Å². The third-order valence-corrected chi connectivity index (χ3v) is 3.86. The molecule has 6 heteroatoms. The molecule has 0 radical (unpaired) electrons. The van der Waals surface area contributed by atoms with Gasteiger partial charge in [-0.2, -0.15) is 0 Å². The lowest BCUT2D eigenvalue weighted by atomic mass is 10.3. The first kappa shape index (κ1) is 13.8. The summed E-state index contributed by atoms with van der Waals surface area (Å²) in [6, 6.07) is 8.83. The first-order chi connectivity index (χ1) is 9.04. The molecule has 0 bridgehead atoms. The Morgan fingerprint density at radius 1 is 1.37 bits per heavy atom. The molecule has 1 unspecified atom stereocenters. The second-order valence-corrected chi connectivity index (χ2v) is 5.72. The number of benzene rings is 1. The Morgan fingerprint density at radius 2 is 2.16 bits per heavy atom. The van der Waals surface area contributed by atoms with Gasteiger partial charge >= 0.3 is 6.03 Å². The Bertz CT molecular complexity index is 588. The zero-order valence-electron chi connectivity index (χ0n) is 10.1. The zero-order valence-corrected chi connectivity index (χ0v) is 11.7. The molecule has 0 saturated carbocycles. The lowest BCUT2D eigenvalue weighted by Crippen LogP contribution is -2.30. The number of rotatable bonds is 3. The van der Waals surface area contributed by atoms with E-state index in [1.165, 1.54) is 29.5 Å². The second-order valence-electron chi connectivity index (χ2n) is 3.97. The molecule has 2 aromatic rings. The Labute approximate surface area is 119 Å². The molecular formula is C13H12ClFN2OS. The maximum Gasteiger partial charge on any atom is 0.319 e. The number of thiophene rings is 1. The highest BCUT2D eigenvalue weighted by atomic mass is 35.5. The molecule has 0 spiro atoms. The highest BCUT2D eigenvalue weighted by molar-refractivity contribution is 7.16. The van der Waals surface area contributed by atoms with Gasteiger partial charge in [-0.15, -0.1) is 11.3 Å². The van der Waals surface area contributed by atoms with Gasteiger partial charge in [0.05, 0.1) is 10.4 Å². The number of carbonyl (C=O) groups is 1. The second kappa shape index (κ2) is 6.04. The van der Waals surface area contributed by atoms with Crippen LogP contribution in [0.5, 0.6) is 0 Å². The van der Waals surface area contributed by atoms with Crippen LogP contribution < -0.4 is 10.6 Å². The summed E-state index contributed by atoms with van der Waals surface area (Å²) in [6.07, 6.45) is 0. The summed E-state index contributed by atoms with van der Waals surface area (Å²) < 4.78 is 13.6. The quantitative estimate of drug-likeness (QED) is 0.865. The molecule has 100 valence electrons. The number of carbonyl (C=O) groups excluding carboxylic acids is 1. The van der Waals surface area contributed by atoms with E-state index < -0.39 is 5.82 Å². The van der Waals surface area contributed by atoms with Crippen molar-refractivity contribution in [2.24, 2.45) is 0 Å². The summed E-state index contributed by atoms with van der Waals surface area (Å²) in [5.74, 6) is -0.393. The molecule has 3 nitrogen and oxygen atoms in total. The topological polar surface area (TPSA) is 41.1 Å². The van der Waals surface area contributed by atoms with Crippen LogP contribution in [-0.4, -0.2) is 6.03 Å². The molecule has 2 amide bonds. The van der Waals surface area contributed by atoms with E-state index in [2.05, 4.69) is 10.6 Å². The van der Waals surface area contributed by atoms with Gasteiger partial charge in [-0.05, 0) is 37.3 Å². The molecule has 0 fully saturated rings. The first-order valence-electron chi connectivity index (χ1n) is 5.63. The average Bonchev–Trinajstić information content (AvgIpc) is 2.75. The molecule has 0 aliphatic rings. The van der Waals surface area contributed by atoms with E-state index in [4.69, 9.17) is 11.6 Å². The van der Waals surface area contributed by atoms with Crippen molar-refractivity contribution in [1.82, 2.24) is 5.32 Å². The molecule has 2 rings (SSSR count). The van der Waals surface area contributed by atoms with E-state index in [1.54, 1.807) is 12.1 Å². The Balaban J connectivity index is 1.94. The van der Waals surface area contributed by atoms with Gasteiger partial charge in [0, 0.05) is 10.6 Å². The van der Waals surface area contributed by atoms with Crippen molar-refractivity contribution >= 4 is 34.7 Å². The number of halogens is 2. The molecule has 19 heavy (non-hydrogen) atoms. The number of hydrogen-bond donors (Lipinski definition) is 2. The fraction of sp³-hybridized carbons (Fsp3) is 0.154. The van der Waals surface area contributed by atoms with E-state index in [-0.39, 0.29) is 12.1 Å². The predicted molar refractivity (Wildman–Crippen MR) is 76.3 cm³/mol. The van der Waals surface area contributed by atoms with Crippen molar-refractivity contribution in [1.29, 1.82) is 0 Å². The Hall–Kier alpha value is -1.59. The summed E-state index contributed by atoms with van der Waals surface area (Å²) in [5, 5.41) is 5.33. The monoisotopic (exact) mass is 298 g/mol. The minimum absolute atomic E-state index is 0.161. The summed E-state index contributed by atoms with van der Waals surface area (Å²) in [5.41, 5.74) is 0.411. The van der Waals surface area contributed by atoms with Crippen LogP contribution >= 0.6 is 22.9 Å². The van der Waals surface area contributed by atoms with Gasteiger partial charge in [0.2, 0.25) is 0 Å². The molecule has 0 saturated heterocycles. The molecule has 1 heterocycles. The van der Waals surface area contributed by atoms with Crippen LogP contribution in [0, 0.1) is 5.82 Å². The van der Waals surface area contributed by atoms with Crippen LogP contribution in [-0.2, 0) is 0 Å². The van der Waals surface area contributed by atoms with Crippen molar-refractivity contribution in [2.45, 2.75) is 13.0 Å². The number of hydrogen-bond acceptors (Lipinski definition) is 2. The van der Waals surface area contributed by atoms with Crippen LogP contribution in [0.15, 0.2) is 36.4 Å². The summed E-state index contributed by atoms with van der Waals surface area (Å²) in [4.78, 5) is 12.7. The molecular weight excluding hydrogens is 287 g/mol. The molecule has 1 aromatic carbocycles. The van der Waals surface area contributed by atoms with Crippen molar-refractivity contribution in [2.75, 3.05) is 5.32 Å². The highest BCUT2D eigenvalue weighted by Crippen LogP contribution is 2.26. The highest BCUT2D eigenvalue weighted by Gasteiger charge is 2.11. The lowest BCUT2D eigenvalue weighted by Gasteiger charge is -2.13. The SMILES string of the molecule is CC(NC(=O)Nc1cccc(F)c1)c1ccc(Cl)s1. The molecule has 1 atom stereocenters. The molecule has 2 N–H and O–H groups in total. The van der Waals surface area contributed by atoms with Gasteiger partial charge in [0.15, 0.2) is 0 Å².